The van der Waals surface area contributed by atoms with Crippen molar-refractivity contribution in [1.29, 1.82) is 0 Å². The number of fused-ring (bicyclic) bond motifs is 4. The lowest BCUT2D eigenvalue weighted by Gasteiger charge is -2.27. The first-order valence-corrected chi connectivity index (χ1v) is 5.73. The van der Waals surface area contributed by atoms with Gasteiger partial charge < -0.3 is 4.74 Å². The van der Waals surface area contributed by atoms with Gasteiger partial charge in [-0.05, 0) is 37.5 Å². The van der Waals surface area contributed by atoms with Crippen LogP contribution in [0.15, 0.2) is 0 Å². The van der Waals surface area contributed by atoms with Gasteiger partial charge in [0.2, 0.25) is 0 Å². The molecule has 3 rings (SSSR count). The van der Waals surface area contributed by atoms with Crippen LogP contribution in [-0.2, 0) is 4.74 Å². The van der Waals surface area contributed by atoms with E-state index in [2.05, 4.69) is 0 Å². The smallest absolute Gasteiger partial charge is 0.369 e. The van der Waals surface area contributed by atoms with E-state index in [1.54, 1.807) is 0 Å². The summed E-state index contributed by atoms with van der Waals surface area (Å²) in [5, 5.41) is 0. The Morgan fingerprint density at radius 3 is 2.13 bits per heavy atom. The Bertz CT molecular complexity index is 206. The van der Waals surface area contributed by atoms with Crippen molar-refractivity contribution in [3.8, 4) is 0 Å². The number of alkyl halides is 3. The summed E-state index contributed by atoms with van der Waals surface area (Å²) in [6.45, 7) is -1.07. The fourth-order valence-electron chi connectivity index (χ4n) is 2.91. The van der Waals surface area contributed by atoms with Crippen molar-refractivity contribution in [2.75, 3.05) is 6.61 Å². The predicted octanol–water partition coefficient (Wildman–Crippen LogP) is 3.53. The van der Waals surface area contributed by atoms with Crippen LogP contribution >= 0.6 is 0 Å². The molecule has 1 atom stereocenters. The predicted molar refractivity (Wildman–Crippen MR) is 50.5 cm³/mol. The zero-order valence-electron chi connectivity index (χ0n) is 8.72. The fourth-order valence-corrected chi connectivity index (χ4v) is 2.91. The van der Waals surface area contributed by atoms with Crippen molar-refractivity contribution in [3.63, 3.8) is 0 Å². The Labute approximate surface area is 88.0 Å². The number of hydrogen-bond acceptors (Lipinski definition) is 1. The van der Waals surface area contributed by atoms with E-state index in [1.165, 1.54) is 12.8 Å². The monoisotopic (exact) mass is 222 g/mol. The van der Waals surface area contributed by atoms with E-state index in [0.29, 0.717) is 5.92 Å². The van der Waals surface area contributed by atoms with Gasteiger partial charge in [-0.15, -0.1) is 0 Å². The molecule has 0 saturated heterocycles. The topological polar surface area (TPSA) is 9.23 Å². The van der Waals surface area contributed by atoms with Crippen LogP contribution in [0.1, 0.15) is 38.5 Å². The van der Waals surface area contributed by atoms with E-state index in [0.717, 1.165) is 31.6 Å². The first-order valence-electron chi connectivity index (χ1n) is 5.73. The quantitative estimate of drug-likeness (QED) is 0.694. The van der Waals surface area contributed by atoms with E-state index in [9.17, 15) is 13.2 Å². The van der Waals surface area contributed by atoms with Crippen molar-refractivity contribution >= 4 is 0 Å². The van der Waals surface area contributed by atoms with Crippen LogP contribution in [0.4, 0.5) is 13.2 Å². The van der Waals surface area contributed by atoms with Crippen LogP contribution in [0, 0.1) is 11.8 Å². The minimum atomic E-state index is -4.18. The Kier molecular flexibility index (Phi) is 3.24. The van der Waals surface area contributed by atoms with Gasteiger partial charge in [0.05, 0.1) is 6.10 Å². The second kappa shape index (κ2) is 4.32. The van der Waals surface area contributed by atoms with Crippen LogP contribution in [0.3, 0.4) is 0 Å². The van der Waals surface area contributed by atoms with Crippen molar-refractivity contribution < 1.29 is 17.9 Å². The molecule has 0 aromatic rings. The first kappa shape index (κ1) is 11.2. The maximum absolute atomic E-state index is 12.0. The van der Waals surface area contributed by atoms with Gasteiger partial charge in [-0.2, -0.15) is 13.2 Å². The second-order valence-electron chi connectivity index (χ2n) is 4.82. The molecule has 3 aliphatic rings. The third-order valence-corrected chi connectivity index (χ3v) is 3.74. The zero-order valence-corrected chi connectivity index (χ0v) is 8.72. The molecular weight excluding hydrogens is 205 g/mol. The lowest BCUT2D eigenvalue weighted by Crippen LogP contribution is -2.28. The van der Waals surface area contributed by atoms with Crippen LogP contribution in [0.25, 0.3) is 0 Å². The average molecular weight is 222 g/mol. The van der Waals surface area contributed by atoms with E-state index < -0.39 is 12.8 Å². The van der Waals surface area contributed by atoms with E-state index in [-0.39, 0.29) is 6.10 Å². The molecule has 0 unspecified atom stereocenters. The average Bonchev–Trinajstić information content (AvgIpc) is 2.46. The van der Waals surface area contributed by atoms with E-state index in [4.69, 9.17) is 4.74 Å². The Balaban J connectivity index is 1.86. The molecule has 0 aromatic heterocycles. The third-order valence-electron chi connectivity index (χ3n) is 3.74. The molecule has 0 aromatic carbocycles. The molecule has 1 nitrogen and oxygen atoms in total. The Hall–Kier alpha value is -0.250. The van der Waals surface area contributed by atoms with Gasteiger partial charge in [0.1, 0.15) is 6.61 Å². The highest BCUT2D eigenvalue weighted by Gasteiger charge is 2.36. The molecule has 0 amide bonds. The molecule has 3 saturated carbocycles. The van der Waals surface area contributed by atoms with Gasteiger partial charge >= 0.3 is 6.18 Å². The van der Waals surface area contributed by atoms with Gasteiger partial charge in [-0.1, -0.05) is 12.8 Å². The normalized spacial score (nSPS) is 36.6. The summed E-state index contributed by atoms with van der Waals surface area (Å²) >= 11 is 0. The summed E-state index contributed by atoms with van der Waals surface area (Å²) in [5.41, 5.74) is 0. The third kappa shape index (κ3) is 3.10. The minimum absolute atomic E-state index is 0.140. The number of ether oxygens (including phenoxy) is 1. The first-order chi connectivity index (χ1) is 7.04. The summed E-state index contributed by atoms with van der Waals surface area (Å²) in [6.07, 6.45) is 2.07. The highest BCUT2D eigenvalue weighted by atomic mass is 19.4. The molecule has 3 fully saturated rings. The lowest BCUT2D eigenvalue weighted by molar-refractivity contribution is -0.191. The maximum atomic E-state index is 12.0. The molecule has 3 aliphatic carbocycles. The molecule has 0 N–H and O–H groups in total. The Morgan fingerprint density at radius 1 is 0.933 bits per heavy atom. The second-order valence-corrected chi connectivity index (χ2v) is 4.82. The summed E-state index contributed by atoms with van der Waals surface area (Å²) in [5.74, 6) is 1.13. The Morgan fingerprint density at radius 2 is 1.53 bits per heavy atom. The molecule has 88 valence electrons. The SMILES string of the molecule is FC(F)(F)CO[C@H]1CCC2CCC1CC2. The van der Waals surface area contributed by atoms with Crippen LogP contribution in [0.5, 0.6) is 0 Å². The van der Waals surface area contributed by atoms with Crippen LogP contribution in [0.2, 0.25) is 0 Å². The summed E-state index contributed by atoms with van der Waals surface area (Å²) in [4.78, 5) is 0. The van der Waals surface area contributed by atoms with Crippen molar-refractivity contribution in [2.45, 2.75) is 50.8 Å². The highest BCUT2D eigenvalue weighted by molar-refractivity contribution is 4.84. The summed E-state index contributed by atoms with van der Waals surface area (Å²) in [7, 11) is 0. The van der Waals surface area contributed by atoms with Gasteiger partial charge in [-0.25, -0.2) is 0 Å². The van der Waals surface area contributed by atoms with Crippen LogP contribution in [-0.4, -0.2) is 18.9 Å². The maximum Gasteiger partial charge on any atom is 0.411 e. The van der Waals surface area contributed by atoms with Crippen molar-refractivity contribution in [2.24, 2.45) is 11.8 Å². The molecule has 2 bridgehead atoms. The van der Waals surface area contributed by atoms with E-state index in [1.807, 2.05) is 0 Å². The van der Waals surface area contributed by atoms with Crippen LogP contribution < -0.4 is 0 Å². The lowest BCUT2D eigenvalue weighted by atomic mass is 9.83. The van der Waals surface area contributed by atoms with E-state index >= 15 is 0 Å². The minimum Gasteiger partial charge on any atom is -0.369 e. The molecular formula is C11H17F3O. The number of hydrogen-bond donors (Lipinski definition) is 0. The van der Waals surface area contributed by atoms with Gasteiger partial charge in [-0.3, -0.25) is 0 Å². The van der Waals surface area contributed by atoms with Crippen molar-refractivity contribution in [1.82, 2.24) is 0 Å². The molecule has 0 aliphatic heterocycles. The van der Waals surface area contributed by atoms with Gasteiger partial charge in [0, 0.05) is 0 Å². The van der Waals surface area contributed by atoms with Gasteiger partial charge in [0.25, 0.3) is 0 Å². The van der Waals surface area contributed by atoms with Gasteiger partial charge in [0.15, 0.2) is 0 Å². The molecule has 4 heteroatoms. The molecule has 0 radical (unpaired) electrons. The summed E-state index contributed by atoms with van der Waals surface area (Å²) < 4.78 is 41.1. The molecule has 0 spiro atoms. The number of rotatable bonds is 2. The summed E-state index contributed by atoms with van der Waals surface area (Å²) in [6, 6.07) is 0. The largest absolute Gasteiger partial charge is 0.411 e. The number of halogens is 3. The van der Waals surface area contributed by atoms with Crippen molar-refractivity contribution in [3.05, 3.63) is 0 Å². The molecule has 15 heavy (non-hydrogen) atoms. The zero-order chi connectivity index (χ0) is 10.9. The standard InChI is InChI=1S/C11H17F3O/c12-11(13,14)7-15-10-6-3-8-1-4-9(10)5-2-8/h8-10H,1-7H2/t8?,9?,10-/m0/s1. The highest BCUT2D eigenvalue weighted by Crippen LogP contribution is 2.40. The fraction of sp³-hybridized carbons (Fsp3) is 1.00. The molecule has 0 heterocycles.